The number of carbonyl (C=O) groups is 3. The summed E-state index contributed by atoms with van der Waals surface area (Å²) in [6.07, 6.45) is 11.5. The van der Waals surface area contributed by atoms with Crippen LogP contribution in [0.25, 0.3) is 0 Å². The maximum Gasteiger partial charge on any atom is 0.305 e. The third-order valence-electron chi connectivity index (χ3n) is 8.68. The fourth-order valence-corrected chi connectivity index (χ4v) is 6.25. The van der Waals surface area contributed by atoms with Gasteiger partial charge in [-0.1, -0.05) is 55.3 Å². The number of carboxylic acid groups (broad SMARTS) is 1. The molecule has 7 heteroatoms. The van der Waals surface area contributed by atoms with Gasteiger partial charge in [0.25, 0.3) is 0 Å². The van der Waals surface area contributed by atoms with E-state index in [9.17, 15) is 19.5 Å². The zero-order valence-corrected chi connectivity index (χ0v) is 27.2. The number of aryl methyl sites for hydroxylation is 2. The van der Waals surface area contributed by atoms with Gasteiger partial charge in [0.2, 0.25) is 0 Å². The summed E-state index contributed by atoms with van der Waals surface area (Å²) in [5, 5.41) is 9.30. The van der Waals surface area contributed by atoms with Crippen LogP contribution in [0, 0.1) is 0 Å². The number of fused-ring (bicyclic) bond motifs is 1. The maximum atomic E-state index is 12.6. The molecule has 0 saturated carbocycles. The lowest BCUT2D eigenvalue weighted by atomic mass is 9.85. The molecule has 0 atom stereocenters. The highest BCUT2D eigenvalue weighted by Crippen LogP contribution is 2.33. The molecular formula is C39H48O7. The van der Waals surface area contributed by atoms with Crippen molar-refractivity contribution in [2.75, 3.05) is 20.3 Å². The highest BCUT2D eigenvalue weighted by molar-refractivity contribution is 5.99. The van der Waals surface area contributed by atoms with E-state index in [2.05, 4.69) is 30.3 Å². The minimum Gasteiger partial charge on any atom is -0.493 e. The largest absolute Gasteiger partial charge is 0.493 e. The van der Waals surface area contributed by atoms with Crippen molar-refractivity contribution in [2.24, 2.45) is 0 Å². The number of Topliss-reactive ketones (excluding diaryl/α,β-unsaturated/α-hetero) is 1. The van der Waals surface area contributed by atoms with Crippen molar-refractivity contribution in [3.63, 3.8) is 0 Å². The van der Waals surface area contributed by atoms with Crippen LogP contribution in [0.4, 0.5) is 0 Å². The molecule has 0 bridgehead atoms. The molecule has 0 spiro atoms. The quantitative estimate of drug-likeness (QED) is 0.100. The monoisotopic (exact) mass is 628 g/mol. The van der Waals surface area contributed by atoms with Crippen molar-refractivity contribution in [2.45, 2.75) is 96.3 Å². The molecule has 0 aromatic heterocycles. The first-order chi connectivity index (χ1) is 22.5. The van der Waals surface area contributed by atoms with Gasteiger partial charge < -0.3 is 19.3 Å². The van der Waals surface area contributed by atoms with Gasteiger partial charge in [0.15, 0.2) is 5.78 Å². The number of hydrogen-bond donors (Lipinski definition) is 1. The van der Waals surface area contributed by atoms with Crippen molar-refractivity contribution < 1.29 is 33.7 Å². The molecule has 1 aliphatic carbocycles. The Morgan fingerprint density at radius 2 is 1.46 bits per heavy atom. The number of ketones is 1. The molecule has 1 aliphatic rings. The minimum atomic E-state index is -0.837. The summed E-state index contributed by atoms with van der Waals surface area (Å²) >= 11 is 0. The number of ether oxygens (including phenoxy) is 3. The lowest BCUT2D eigenvalue weighted by Crippen LogP contribution is -2.15. The van der Waals surface area contributed by atoms with Gasteiger partial charge >= 0.3 is 11.9 Å². The first-order valence-corrected chi connectivity index (χ1v) is 16.8. The van der Waals surface area contributed by atoms with Crippen LogP contribution in [0.3, 0.4) is 0 Å². The van der Waals surface area contributed by atoms with Gasteiger partial charge in [0.05, 0.1) is 20.3 Å². The van der Waals surface area contributed by atoms with Crippen LogP contribution in [0.1, 0.15) is 102 Å². The van der Waals surface area contributed by atoms with Crippen molar-refractivity contribution in [3.05, 3.63) is 94.0 Å². The topological polar surface area (TPSA) is 99.1 Å². The predicted molar refractivity (Wildman–Crippen MR) is 179 cm³/mol. The number of carboxylic acids is 1. The Morgan fingerprint density at radius 1 is 0.696 bits per heavy atom. The average Bonchev–Trinajstić information content (AvgIpc) is 3.06. The first kappa shape index (κ1) is 34.7. The molecule has 0 saturated heterocycles. The molecule has 0 radical (unpaired) electrons. The van der Waals surface area contributed by atoms with Crippen molar-refractivity contribution in [1.82, 2.24) is 0 Å². The zero-order valence-electron chi connectivity index (χ0n) is 27.2. The first-order valence-electron chi connectivity index (χ1n) is 16.8. The predicted octanol–water partition coefficient (Wildman–Crippen LogP) is 7.91. The standard InChI is InChI=1S/C39H48O7/c1-44-39(43)22-12-28-46-36-21-10-17-30(31(36)24-26-38(41)42)16-7-2-3-8-27-45-37-25-23-33-32(18-11-20-35(33)40)34(37)19-9-15-29-13-5-4-6-14-29/h4-6,10,13-14,17,21,23,25H,2-3,7-9,11-12,15-16,18-20,22,24,26-28H2,1H3,(H,41,42). The van der Waals surface area contributed by atoms with Crippen LogP contribution in [0.2, 0.25) is 0 Å². The Bertz CT molecular complexity index is 1430. The fourth-order valence-electron chi connectivity index (χ4n) is 6.25. The summed E-state index contributed by atoms with van der Waals surface area (Å²) in [6.45, 7) is 1.01. The highest BCUT2D eigenvalue weighted by Gasteiger charge is 2.22. The molecule has 246 valence electrons. The lowest BCUT2D eigenvalue weighted by Gasteiger charge is -2.22. The molecule has 46 heavy (non-hydrogen) atoms. The molecule has 3 aromatic rings. The van der Waals surface area contributed by atoms with Gasteiger partial charge in [-0.3, -0.25) is 14.4 Å². The highest BCUT2D eigenvalue weighted by atomic mass is 16.5. The van der Waals surface area contributed by atoms with E-state index in [0.717, 1.165) is 86.6 Å². The second-order valence-electron chi connectivity index (χ2n) is 12.0. The average molecular weight is 629 g/mol. The molecule has 3 aromatic carbocycles. The maximum absolute atomic E-state index is 12.6. The minimum absolute atomic E-state index is 0.0397. The lowest BCUT2D eigenvalue weighted by molar-refractivity contribution is -0.141. The summed E-state index contributed by atoms with van der Waals surface area (Å²) in [4.78, 5) is 35.3. The fraction of sp³-hybridized carbons (Fsp3) is 0.462. The normalized spacial score (nSPS) is 12.4. The molecular weight excluding hydrogens is 580 g/mol. The van der Waals surface area contributed by atoms with E-state index in [-0.39, 0.29) is 24.6 Å². The van der Waals surface area contributed by atoms with Crippen LogP contribution in [0.15, 0.2) is 60.7 Å². The molecule has 0 unspecified atom stereocenters. The van der Waals surface area contributed by atoms with Gasteiger partial charge in [-0.15, -0.1) is 0 Å². The number of methoxy groups -OCH3 is 1. The molecule has 0 fully saturated rings. The summed E-state index contributed by atoms with van der Waals surface area (Å²) in [6, 6.07) is 20.4. The van der Waals surface area contributed by atoms with E-state index in [4.69, 9.17) is 14.2 Å². The molecule has 0 amide bonds. The van der Waals surface area contributed by atoms with E-state index in [0.29, 0.717) is 38.2 Å². The van der Waals surface area contributed by atoms with Crippen molar-refractivity contribution in [3.8, 4) is 11.5 Å². The van der Waals surface area contributed by atoms with Gasteiger partial charge in [-0.05, 0) is 110 Å². The number of hydrogen-bond acceptors (Lipinski definition) is 6. The Hall–Kier alpha value is -4.13. The third kappa shape index (κ3) is 10.7. The van der Waals surface area contributed by atoms with E-state index >= 15 is 0 Å². The molecule has 0 heterocycles. The molecule has 4 rings (SSSR count). The second kappa shape index (κ2) is 18.7. The molecule has 7 nitrogen and oxygen atoms in total. The molecule has 1 N–H and O–H groups in total. The van der Waals surface area contributed by atoms with Gasteiger partial charge in [-0.25, -0.2) is 0 Å². The van der Waals surface area contributed by atoms with Crippen LogP contribution in [-0.2, 0) is 46.4 Å². The van der Waals surface area contributed by atoms with E-state index in [1.54, 1.807) is 0 Å². The van der Waals surface area contributed by atoms with Gasteiger partial charge in [0, 0.05) is 24.8 Å². The van der Waals surface area contributed by atoms with Crippen molar-refractivity contribution >= 4 is 17.7 Å². The summed E-state index contributed by atoms with van der Waals surface area (Å²) in [5.74, 6) is 0.763. The summed E-state index contributed by atoms with van der Waals surface area (Å²) in [7, 11) is 1.37. The van der Waals surface area contributed by atoms with Crippen LogP contribution < -0.4 is 9.47 Å². The Balaban J connectivity index is 1.27. The Labute approximate surface area is 273 Å². The zero-order chi connectivity index (χ0) is 32.6. The van der Waals surface area contributed by atoms with Gasteiger partial charge in [-0.2, -0.15) is 0 Å². The number of rotatable bonds is 20. The number of aliphatic carboxylic acids is 1. The van der Waals surface area contributed by atoms with E-state index in [1.165, 1.54) is 23.8 Å². The summed E-state index contributed by atoms with van der Waals surface area (Å²) < 4.78 is 17.0. The number of unbranched alkanes of at least 4 members (excludes halogenated alkanes) is 3. The van der Waals surface area contributed by atoms with E-state index in [1.807, 2.05) is 30.3 Å². The number of carbonyl (C=O) groups excluding carboxylic acids is 2. The van der Waals surface area contributed by atoms with Gasteiger partial charge in [0.1, 0.15) is 11.5 Å². The van der Waals surface area contributed by atoms with Crippen LogP contribution in [0.5, 0.6) is 11.5 Å². The number of benzene rings is 3. The SMILES string of the molecule is COC(=O)CCCOc1cccc(CCCCCCOc2ccc3c(c2CCCc2ccccc2)CCCC3=O)c1CCC(=O)O. The smallest absolute Gasteiger partial charge is 0.305 e. The van der Waals surface area contributed by atoms with Crippen LogP contribution in [-0.4, -0.2) is 43.2 Å². The van der Waals surface area contributed by atoms with E-state index < -0.39 is 5.97 Å². The third-order valence-corrected chi connectivity index (χ3v) is 8.68. The Kier molecular flexibility index (Phi) is 14.2. The molecule has 0 aliphatic heterocycles. The van der Waals surface area contributed by atoms with Crippen LogP contribution >= 0.6 is 0 Å². The Morgan fingerprint density at radius 3 is 2.24 bits per heavy atom. The number of esters is 1. The summed E-state index contributed by atoms with van der Waals surface area (Å²) in [5.41, 5.74) is 6.67. The second-order valence-corrected chi connectivity index (χ2v) is 12.0. The van der Waals surface area contributed by atoms with Crippen molar-refractivity contribution in [1.29, 1.82) is 0 Å².